The van der Waals surface area contributed by atoms with Gasteiger partial charge in [-0.2, -0.15) is 0 Å². The molecule has 0 spiro atoms. The Bertz CT molecular complexity index is 560. The third-order valence-corrected chi connectivity index (χ3v) is 3.71. The van der Waals surface area contributed by atoms with Crippen LogP contribution in [0.15, 0.2) is 35.5 Å². The van der Waals surface area contributed by atoms with Crippen molar-refractivity contribution >= 4 is 20.5 Å². The monoisotopic (exact) mass is 339 g/mol. The first-order chi connectivity index (χ1) is 10.8. The number of para-hydroxylation sites is 1. The molecule has 1 unspecified atom stereocenters. The largest absolute Gasteiger partial charge is 0.464 e. The van der Waals surface area contributed by atoms with Crippen LogP contribution >= 0.6 is 8.53 Å². The number of carbonyl (C=O) groups is 1. The molecule has 23 heavy (non-hydrogen) atoms. The van der Waals surface area contributed by atoms with Gasteiger partial charge in [0, 0.05) is 7.05 Å². The molecule has 0 radical (unpaired) electrons. The fourth-order valence-corrected chi connectivity index (χ4v) is 2.54. The standard InChI is InChI=1S/C15H22N3O4P/c1-15(2,3)11-20-13(19)10-18(4)14-16-22-23(17-14)21-12-8-6-5-7-9-12/h5-9H,10-11H2,1-4H3,(H,16,17). The van der Waals surface area contributed by atoms with Crippen LogP contribution in [0.3, 0.4) is 0 Å². The number of nitrogens with one attached hydrogen (secondary N) is 1. The molecule has 0 saturated carbocycles. The predicted molar refractivity (Wildman–Crippen MR) is 88.7 cm³/mol. The predicted octanol–water partition coefficient (Wildman–Crippen LogP) is 2.70. The van der Waals surface area contributed by atoms with Crippen molar-refractivity contribution in [3.05, 3.63) is 30.3 Å². The molecule has 0 aromatic heterocycles. The van der Waals surface area contributed by atoms with Crippen molar-refractivity contribution in [1.82, 2.24) is 9.99 Å². The molecule has 1 aromatic rings. The number of likely N-dealkylation sites (N-methyl/N-ethyl adjacent to an activating group) is 1. The number of guanidine groups is 1. The van der Waals surface area contributed by atoms with E-state index < -0.39 is 8.53 Å². The van der Waals surface area contributed by atoms with Crippen LogP contribution in [0.1, 0.15) is 20.8 Å². The van der Waals surface area contributed by atoms with Gasteiger partial charge in [-0.3, -0.25) is 9.88 Å². The molecule has 1 N–H and O–H groups in total. The number of oxime groups is 1. The normalized spacial score (nSPS) is 16.9. The average Bonchev–Trinajstić information content (AvgIpc) is 2.94. The summed E-state index contributed by atoms with van der Waals surface area (Å²) in [7, 11) is 0.339. The van der Waals surface area contributed by atoms with Crippen molar-refractivity contribution in [1.29, 1.82) is 0 Å². The second-order valence-electron chi connectivity index (χ2n) is 6.35. The number of benzene rings is 1. The van der Waals surface area contributed by atoms with Gasteiger partial charge in [-0.05, 0) is 22.7 Å². The summed E-state index contributed by atoms with van der Waals surface area (Å²) in [5.41, 5.74) is -0.0572. The number of rotatable bonds is 5. The van der Waals surface area contributed by atoms with Crippen molar-refractivity contribution in [2.75, 3.05) is 20.2 Å². The van der Waals surface area contributed by atoms with Crippen LogP contribution in [0.25, 0.3) is 0 Å². The van der Waals surface area contributed by atoms with Gasteiger partial charge in [-0.1, -0.05) is 39.0 Å². The summed E-state index contributed by atoms with van der Waals surface area (Å²) in [6.45, 7) is 6.48. The highest BCUT2D eigenvalue weighted by molar-refractivity contribution is 7.46. The minimum absolute atomic E-state index is 0.0572. The van der Waals surface area contributed by atoms with E-state index in [0.717, 1.165) is 0 Å². The highest BCUT2D eigenvalue weighted by atomic mass is 31.2. The molecular weight excluding hydrogens is 317 g/mol. The Morgan fingerprint density at radius 2 is 2.04 bits per heavy atom. The van der Waals surface area contributed by atoms with Crippen LogP contribution in [0.5, 0.6) is 5.75 Å². The molecule has 0 amide bonds. The first-order valence-electron chi connectivity index (χ1n) is 7.25. The van der Waals surface area contributed by atoms with Crippen LogP contribution in [0, 0.1) is 5.41 Å². The van der Waals surface area contributed by atoms with E-state index in [-0.39, 0.29) is 17.9 Å². The van der Waals surface area contributed by atoms with Gasteiger partial charge in [-0.15, -0.1) is 0 Å². The molecule has 1 atom stereocenters. The summed E-state index contributed by atoms with van der Waals surface area (Å²) < 4.78 is 16.1. The van der Waals surface area contributed by atoms with Crippen LogP contribution < -0.4 is 9.61 Å². The van der Waals surface area contributed by atoms with Gasteiger partial charge in [0.25, 0.3) is 0 Å². The smallest absolute Gasteiger partial charge is 0.439 e. The summed E-state index contributed by atoms with van der Waals surface area (Å²) in [6, 6.07) is 9.32. The quantitative estimate of drug-likeness (QED) is 0.657. The molecule has 0 bridgehead atoms. The average molecular weight is 339 g/mol. The molecule has 8 heteroatoms. The molecule has 126 valence electrons. The van der Waals surface area contributed by atoms with E-state index in [0.29, 0.717) is 18.3 Å². The maximum absolute atomic E-state index is 11.8. The lowest BCUT2D eigenvalue weighted by atomic mass is 9.99. The van der Waals surface area contributed by atoms with Crippen LogP contribution in [-0.4, -0.2) is 37.0 Å². The maximum Gasteiger partial charge on any atom is 0.439 e. The highest BCUT2D eigenvalue weighted by Crippen LogP contribution is 2.38. The molecular formula is C15H22N3O4P. The molecule has 1 aromatic carbocycles. The first-order valence-corrected chi connectivity index (χ1v) is 8.43. The van der Waals surface area contributed by atoms with E-state index in [2.05, 4.69) is 10.2 Å². The summed E-state index contributed by atoms with van der Waals surface area (Å²) >= 11 is 0. The van der Waals surface area contributed by atoms with Crippen LogP contribution in [0.4, 0.5) is 0 Å². The lowest BCUT2D eigenvalue weighted by Gasteiger charge is -2.20. The fraction of sp³-hybridized carbons (Fsp3) is 0.467. The Balaban J connectivity index is 1.76. The fourth-order valence-electron chi connectivity index (χ4n) is 1.58. The highest BCUT2D eigenvalue weighted by Gasteiger charge is 2.27. The van der Waals surface area contributed by atoms with Crippen molar-refractivity contribution in [2.24, 2.45) is 10.6 Å². The van der Waals surface area contributed by atoms with Crippen molar-refractivity contribution in [3.8, 4) is 5.75 Å². The summed E-state index contributed by atoms with van der Waals surface area (Å²) in [6.07, 6.45) is 0. The molecule has 1 heterocycles. The molecule has 0 saturated heterocycles. The zero-order valence-corrected chi connectivity index (χ0v) is 14.7. The van der Waals surface area contributed by atoms with E-state index in [1.54, 1.807) is 11.9 Å². The summed E-state index contributed by atoms with van der Waals surface area (Å²) in [5.74, 6) is 0.821. The number of esters is 1. The number of nitrogens with zero attached hydrogens (tertiary/aromatic N) is 2. The molecule has 1 aliphatic heterocycles. The molecule has 0 aliphatic carbocycles. The Morgan fingerprint density at radius 1 is 1.35 bits per heavy atom. The van der Waals surface area contributed by atoms with Crippen LogP contribution in [0.2, 0.25) is 0 Å². The third-order valence-electron chi connectivity index (χ3n) is 2.72. The number of carbonyl (C=O) groups excluding carboxylic acids is 1. The van der Waals surface area contributed by atoms with Gasteiger partial charge < -0.3 is 18.8 Å². The van der Waals surface area contributed by atoms with E-state index >= 15 is 0 Å². The Hall–Kier alpha value is -2.01. The van der Waals surface area contributed by atoms with Gasteiger partial charge in [0.1, 0.15) is 12.3 Å². The van der Waals surface area contributed by atoms with E-state index in [1.165, 1.54) is 0 Å². The molecule has 2 rings (SSSR count). The molecule has 0 fully saturated rings. The molecule has 1 aliphatic rings. The second-order valence-corrected chi connectivity index (χ2v) is 7.43. The van der Waals surface area contributed by atoms with Gasteiger partial charge in [0.2, 0.25) is 5.96 Å². The SMILES string of the molecule is CN(CC(=O)OCC(C)(C)C)C1=NOP(Oc2ccccc2)N1. The maximum atomic E-state index is 11.8. The van der Waals surface area contributed by atoms with Gasteiger partial charge >= 0.3 is 14.5 Å². The Morgan fingerprint density at radius 3 is 2.70 bits per heavy atom. The zero-order chi connectivity index (χ0) is 16.9. The Labute approximate surface area is 137 Å². The Kier molecular flexibility index (Phi) is 5.66. The van der Waals surface area contributed by atoms with Crippen molar-refractivity contribution in [2.45, 2.75) is 20.8 Å². The third kappa shape index (κ3) is 5.94. The first kappa shape index (κ1) is 17.3. The van der Waals surface area contributed by atoms with Crippen molar-refractivity contribution in [3.63, 3.8) is 0 Å². The minimum Gasteiger partial charge on any atom is -0.464 e. The van der Waals surface area contributed by atoms with Gasteiger partial charge in [0.05, 0.1) is 6.61 Å². The lowest BCUT2D eigenvalue weighted by Crippen LogP contribution is -2.38. The van der Waals surface area contributed by atoms with Crippen LogP contribution in [-0.2, 0) is 14.2 Å². The number of hydrogen-bond acceptors (Lipinski definition) is 7. The second kappa shape index (κ2) is 7.51. The zero-order valence-electron chi connectivity index (χ0n) is 13.8. The number of hydrogen-bond donors (Lipinski definition) is 1. The van der Waals surface area contributed by atoms with E-state index in [9.17, 15) is 4.79 Å². The molecule has 7 nitrogen and oxygen atoms in total. The van der Waals surface area contributed by atoms with Crippen molar-refractivity contribution < 1.29 is 18.7 Å². The van der Waals surface area contributed by atoms with E-state index in [1.807, 2.05) is 51.1 Å². The lowest BCUT2D eigenvalue weighted by molar-refractivity contribution is -0.146. The summed E-state index contributed by atoms with van der Waals surface area (Å²) in [5, 5.41) is 6.91. The van der Waals surface area contributed by atoms with Gasteiger partial charge in [-0.25, -0.2) is 0 Å². The topological polar surface area (TPSA) is 72.4 Å². The summed E-state index contributed by atoms with van der Waals surface area (Å²) in [4.78, 5) is 13.4. The van der Waals surface area contributed by atoms with Gasteiger partial charge in [0.15, 0.2) is 0 Å². The minimum atomic E-state index is -1.39. The van der Waals surface area contributed by atoms with E-state index in [4.69, 9.17) is 13.9 Å². The number of ether oxygens (including phenoxy) is 1.